The van der Waals surface area contributed by atoms with E-state index in [9.17, 15) is 9.59 Å². The Morgan fingerprint density at radius 2 is 1.74 bits per heavy atom. The largest absolute Gasteiger partial charge is 0.326 e. The van der Waals surface area contributed by atoms with Gasteiger partial charge in [0.05, 0.1) is 16.3 Å². The number of hydrazone groups is 1. The second-order valence-electron chi connectivity index (χ2n) is 4.56. The van der Waals surface area contributed by atoms with Gasteiger partial charge in [0.1, 0.15) is 6.42 Å². The lowest BCUT2D eigenvalue weighted by Crippen LogP contribution is -2.24. The molecule has 0 unspecified atom stereocenters. The third-order valence-electron chi connectivity index (χ3n) is 2.73. The Balaban J connectivity index is 1.81. The van der Waals surface area contributed by atoms with Crippen molar-refractivity contribution in [2.45, 2.75) is 6.42 Å². The number of halogens is 2. The molecule has 5 nitrogen and oxygen atoms in total. The Labute approximate surface area is 143 Å². The zero-order valence-corrected chi connectivity index (χ0v) is 13.4. The number of carbonyl (C=O) groups is 2. The van der Waals surface area contributed by atoms with Crippen molar-refractivity contribution in [2.75, 3.05) is 5.32 Å². The molecule has 0 spiro atoms. The third-order valence-corrected chi connectivity index (χ3v) is 3.47. The Morgan fingerprint density at radius 1 is 1.00 bits per heavy atom. The van der Waals surface area contributed by atoms with Crippen molar-refractivity contribution in [2.24, 2.45) is 5.10 Å². The first-order valence-corrected chi connectivity index (χ1v) is 7.42. The van der Waals surface area contributed by atoms with Crippen LogP contribution in [0.2, 0.25) is 10.0 Å². The van der Waals surface area contributed by atoms with Crippen LogP contribution in [0.1, 0.15) is 12.0 Å². The standard InChI is InChI=1S/C16H13Cl2N3O2/c17-13-7-6-12(8-14(13)18)20-15(22)9-16(23)21-19-10-11-4-2-1-3-5-11/h1-8,10H,9H2,(H,20,22)(H,21,23)/b19-10+. The molecule has 0 saturated heterocycles. The molecule has 0 aromatic heterocycles. The third kappa shape index (κ3) is 5.73. The van der Waals surface area contributed by atoms with E-state index in [0.29, 0.717) is 15.7 Å². The lowest BCUT2D eigenvalue weighted by atomic mass is 10.2. The molecule has 0 saturated carbocycles. The van der Waals surface area contributed by atoms with Gasteiger partial charge in [-0.2, -0.15) is 5.10 Å². The normalized spacial score (nSPS) is 10.5. The van der Waals surface area contributed by atoms with Crippen LogP contribution >= 0.6 is 23.2 Å². The van der Waals surface area contributed by atoms with Gasteiger partial charge in [-0.1, -0.05) is 53.5 Å². The first kappa shape index (κ1) is 17.0. The van der Waals surface area contributed by atoms with Gasteiger partial charge < -0.3 is 5.32 Å². The van der Waals surface area contributed by atoms with Crippen molar-refractivity contribution in [1.29, 1.82) is 0 Å². The molecule has 7 heteroatoms. The maximum Gasteiger partial charge on any atom is 0.249 e. The van der Waals surface area contributed by atoms with Crippen molar-refractivity contribution < 1.29 is 9.59 Å². The van der Waals surface area contributed by atoms with E-state index in [1.165, 1.54) is 12.3 Å². The van der Waals surface area contributed by atoms with Gasteiger partial charge in [0, 0.05) is 5.69 Å². The zero-order valence-electron chi connectivity index (χ0n) is 11.9. The summed E-state index contributed by atoms with van der Waals surface area (Å²) in [4.78, 5) is 23.4. The quantitative estimate of drug-likeness (QED) is 0.492. The molecule has 0 aliphatic rings. The second-order valence-corrected chi connectivity index (χ2v) is 5.37. The van der Waals surface area contributed by atoms with Crippen LogP contribution in [-0.4, -0.2) is 18.0 Å². The summed E-state index contributed by atoms with van der Waals surface area (Å²) >= 11 is 11.6. The highest BCUT2D eigenvalue weighted by molar-refractivity contribution is 6.42. The molecule has 0 bridgehead atoms. The number of hydrogen-bond acceptors (Lipinski definition) is 3. The topological polar surface area (TPSA) is 70.6 Å². The Kier molecular flexibility index (Phi) is 6.14. The van der Waals surface area contributed by atoms with E-state index in [1.807, 2.05) is 30.3 Å². The average Bonchev–Trinajstić information content (AvgIpc) is 2.52. The van der Waals surface area contributed by atoms with E-state index in [4.69, 9.17) is 23.2 Å². The smallest absolute Gasteiger partial charge is 0.249 e. The number of anilines is 1. The van der Waals surface area contributed by atoms with Crippen LogP contribution < -0.4 is 10.7 Å². The average molecular weight is 350 g/mol. The molecular formula is C16H13Cl2N3O2. The summed E-state index contributed by atoms with van der Waals surface area (Å²) in [7, 11) is 0. The van der Waals surface area contributed by atoms with Crippen LogP contribution in [0.5, 0.6) is 0 Å². The van der Waals surface area contributed by atoms with Gasteiger partial charge in [0.2, 0.25) is 11.8 Å². The van der Waals surface area contributed by atoms with E-state index in [1.54, 1.807) is 12.1 Å². The minimum atomic E-state index is -0.519. The fourth-order valence-electron chi connectivity index (χ4n) is 1.68. The van der Waals surface area contributed by atoms with Crippen molar-refractivity contribution >= 4 is 46.9 Å². The fourth-order valence-corrected chi connectivity index (χ4v) is 1.98. The monoisotopic (exact) mass is 349 g/mol. The van der Waals surface area contributed by atoms with Crippen LogP contribution in [0.15, 0.2) is 53.6 Å². The molecule has 2 aromatic rings. The number of rotatable bonds is 5. The summed E-state index contributed by atoms with van der Waals surface area (Å²) in [6, 6.07) is 13.9. The molecule has 2 rings (SSSR count). The maximum absolute atomic E-state index is 11.8. The Hall–Kier alpha value is -2.37. The van der Waals surface area contributed by atoms with Gasteiger partial charge in [0.25, 0.3) is 0 Å². The van der Waals surface area contributed by atoms with Crippen LogP contribution in [0.3, 0.4) is 0 Å². The van der Waals surface area contributed by atoms with Gasteiger partial charge in [-0.15, -0.1) is 0 Å². The molecule has 0 aliphatic heterocycles. The fraction of sp³-hybridized carbons (Fsp3) is 0.0625. The van der Waals surface area contributed by atoms with Gasteiger partial charge in [0.15, 0.2) is 0 Å². The lowest BCUT2D eigenvalue weighted by molar-refractivity contribution is -0.126. The Morgan fingerprint density at radius 3 is 2.43 bits per heavy atom. The molecule has 0 aliphatic carbocycles. The summed E-state index contributed by atoms with van der Waals surface area (Å²) in [5.41, 5.74) is 3.59. The van der Waals surface area contributed by atoms with Crippen LogP contribution in [0.25, 0.3) is 0 Å². The Bertz CT molecular complexity index is 733. The summed E-state index contributed by atoms with van der Waals surface area (Å²) in [6.45, 7) is 0. The number of benzene rings is 2. The van der Waals surface area contributed by atoms with Crippen molar-refractivity contribution in [3.63, 3.8) is 0 Å². The van der Waals surface area contributed by atoms with E-state index in [2.05, 4.69) is 15.8 Å². The number of hydrogen-bond donors (Lipinski definition) is 2. The summed E-state index contributed by atoms with van der Waals surface area (Å²) < 4.78 is 0. The lowest BCUT2D eigenvalue weighted by Gasteiger charge is -2.05. The first-order valence-electron chi connectivity index (χ1n) is 6.66. The highest BCUT2D eigenvalue weighted by atomic mass is 35.5. The van der Waals surface area contributed by atoms with Crippen molar-refractivity contribution in [3.8, 4) is 0 Å². The van der Waals surface area contributed by atoms with E-state index >= 15 is 0 Å². The second kappa shape index (κ2) is 8.31. The molecule has 2 amide bonds. The molecule has 0 radical (unpaired) electrons. The predicted molar refractivity (Wildman–Crippen MR) is 91.9 cm³/mol. The summed E-state index contributed by atoms with van der Waals surface area (Å²) in [5.74, 6) is -0.995. The van der Waals surface area contributed by atoms with Crippen molar-refractivity contribution in [3.05, 3.63) is 64.1 Å². The zero-order chi connectivity index (χ0) is 16.7. The number of carbonyl (C=O) groups excluding carboxylic acids is 2. The van der Waals surface area contributed by atoms with Gasteiger partial charge >= 0.3 is 0 Å². The molecule has 2 N–H and O–H groups in total. The highest BCUT2D eigenvalue weighted by Gasteiger charge is 2.09. The first-order chi connectivity index (χ1) is 11.0. The highest BCUT2D eigenvalue weighted by Crippen LogP contribution is 2.24. The molecule has 118 valence electrons. The van der Waals surface area contributed by atoms with E-state index in [0.717, 1.165) is 5.56 Å². The molecule has 0 heterocycles. The van der Waals surface area contributed by atoms with Crippen LogP contribution in [0, 0.1) is 0 Å². The van der Waals surface area contributed by atoms with E-state index in [-0.39, 0.29) is 6.42 Å². The van der Waals surface area contributed by atoms with Gasteiger partial charge in [-0.25, -0.2) is 5.43 Å². The maximum atomic E-state index is 11.8. The number of nitrogens with zero attached hydrogens (tertiary/aromatic N) is 1. The SMILES string of the molecule is O=C(CC(=O)Nc1ccc(Cl)c(Cl)c1)N/N=C/c1ccccc1. The molecule has 2 aromatic carbocycles. The van der Waals surface area contributed by atoms with Crippen molar-refractivity contribution in [1.82, 2.24) is 5.43 Å². The van der Waals surface area contributed by atoms with Gasteiger partial charge in [-0.3, -0.25) is 9.59 Å². The van der Waals surface area contributed by atoms with Crippen LogP contribution in [-0.2, 0) is 9.59 Å². The molecule has 0 atom stereocenters. The number of nitrogens with one attached hydrogen (secondary N) is 2. The van der Waals surface area contributed by atoms with E-state index < -0.39 is 11.8 Å². The summed E-state index contributed by atoms with van der Waals surface area (Å²) in [6.07, 6.45) is 1.14. The van der Waals surface area contributed by atoms with Crippen LogP contribution in [0.4, 0.5) is 5.69 Å². The molecule has 0 fully saturated rings. The predicted octanol–water partition coefficient (Wildman–Crippen LogP) is 3.47. The summed E-state index contributed by atoms with van der Waals surface area (Å²) in [5, 5.41) is 7.05. The minimum Gasteiger partial charge on any atom is -0.326 e. The van der Waals surface area contributed by atoms with Gasteiger partial charge in [-0.05, 0) is 23.8 Å². The number of amides is 2. The molecular weight excluding hydrogens is 337 g/mol. The minimum absolute atomic E-state index is 0.321. The molecule has 23 heavy (non-hydrogen) atoms.